The predicted octanol–water partition coefficient (Wildman–Crippen LogP) is 0.412. The minimum atomic E-state index is -3.15. The van der Waals surface area contributed by atoms with Crippen LogP contribution in [-0.4, -0.2) is 72.5 Å². The quantitative estimate of drug-likeness (QED) is 0.810. The van der Waals surface area contributed by atoms with Gasteiger partial charge < -0.3 is 14.9 Å². The topological polar surface area (TPSA) is 95.0 Å². The Balaban J connectivity index is 2.09. The fraction of sp³-hybridized carbons (Fsp3) is 0.846. The first-order valence-corrected chi connectivity index (χ1v) is 9.12. The smallest absolute Gasteiger partial charge is 0.323 e. The maximum Gasteiger partial charge on any atom is 0.323 e. The molecule has 2 rings (SSSR count). The summed E-state index contributed by atoms with van der Waals surface area (Å²) in [4.78, 5) is 26.4. The van der Waals surface area contributed by atoms with Gasteiger partial charge in [-0.25, -0.2) is 13.2 Å². The van der Waals surface area contributed by atoms with Crippen molar-refractivity contribution < 1.29 is 23.1 Å². The average molecular weight is 318 g/mol. The number of amides is 2. The van der Waals surface area contributed by atoms with E-state index in [1.54, 1.807) is 4.90 Å². The highest BCUT2D eigenvalue weighted by atomic mass is 32.2. The molecule has 21 heavy (non-hydrogen) atoms. The van der Waals surface area contributed by atoms with Gasteiger partial charge in [0, 0.05) is 19.1 Å². The van der Waals surface area contributed by atoms with Crippen LogP contribution in [0.3, 0.4) is 0 Å². The number of sulfone groups is 1. The number of hydrogen-bond acceptors (Lipinski definition) is 4. The molecule has 7 nitrogen and oxygen atoms in total. The van der Waals surface area contributed by atoms with Crippen LogP contribution in [0.4, 0.5) is 4.79 Å². The van der Waals surface area contributed by atoms with Crippen molar-refractivity contribution in [3.05, 3.63) is 0 Å². The van der Waals surface area contributed by atoms with Crippen LogP contribution in [0.1, 0.15) is 26.2 Å². The molecule has 0 aromatic carbocycles. The van der Waals surface area contributed by atoms with Gasteiger partial charge in [-0.15, -0.1) is 0 Å². The summed E-state index contributed by atoms with van der Waals surface area (Å²) < 4.78 is 23.1. The van der Waals surface area contributed by atoms with Crippen LogP contribution >= 0.6 is 0 Å². The first kappa shape index (κ1) is 16.1. The monoisotopic (exact) mass is 318 g/mol. The molecular weight excluding hydrogens is 296 g/mol. The summed E-state index contributed by atoms with van der Waals surface area (Å²) in [6.07, 6.45) is 2.24. The zero-order valence-corrected chi connectivity index (χ0v) is 13.0. The molecule has 0 spiro atoms. The number of nitrogens with zero attached hydrogens (tertiary/aromatic N) is 2. The fourth-order valence-corrected chi connectivity index (χ4v) is 4.77. The van der Waals surface area contributed by atoms with Crippen molar-refractivity contribution in [2.75, 3.05) is 31.1 Å². The van der Waals surface area contributed by atoms with Crippen LogP contribution < -0.4 is 0 Å². The van der Waals surface area contributed by atoms with E-state index in [-0.39, 0.29) is 17.5 Å². The van der Waals surface area contributed by atoms with E-state index in [2.05, 4.69) is 6.92 Å². The third-order valence-electron chi connectivity index (χ3n) is 4.33. The Morgan fingerprint density at radius 1 is 1.33 bits per heavy atom. The molecule has 2 fully saturated rings. The van der Waals surface area contributed by atoms with Crippen molar-refractivity contribution in [3.8, 4) is 0 Å². The van der Waals surface area contributed by atoms with E-state index < -0.39 is 28.4 Å². The van der Waals surface area contributed by atoms with Gasteiger partial charge in [-0.2, -0.15) is 0 Å². The number of carbonyl (C=O) groups is 2. The molecule has 2 unspecified atom stereocenters. The van der Waals surface area contributed by atoms with Crippen molar-refractivity contribution in [2.24, 2.45) is 5.92 Å². The second kappa shape index (κ2) is 6.21. The van der Waals surface area contributed by atoms with Crippen molar-refractivity contribution in [1.29, 1.82) is 0 Å². The molecule has 2 aliphatic rings. The summed E-state index contributed by atoms with van der Waals surface area (Å²) in [5, 5.41) is 9.00. The number of urea groups is 1. The van der Waals surface area contributed by atoms with Gasteiger partial charge in [-0.3, -0.25) is 4.79 Å². The lowest BCUT2D eigenvalue weighted by molar-refractivity contribution is -0.138. The van der Waals surface area contributed by atoms with Crippen LogP contribution in [0, 0.1) is 5.92 Å². The van der Waals surface area contributed by atoms with Gasteiger partial charge in [0.25, 0.3) is 0 Å². The van der Waals surface area contributed by atoms with Gasteiger partial charge in [-0.1, -0.05) is 13.3 Å². The Morgan fingerprint density at radius 3 is 2.52 bits per heavy atom. The summed E-state index contributed by atoms with van der Waals surface area (Å²) in [6.45, 7) is 2.88. The maximum absolute atomic E-state index is 12.5. The number of aliphatic carboxylic acids is 1. The SMILES string of the molecule is CCC1CCN(C(=O)N(CC(=O)O)C2CCS(=O)(=O)C2)C1. The first-order valence-electron chi connectivity index (χ1n) is 7.30. The standard InChI is InChI=1S/C13H22N2O5S/c1-2-10-3-5-14(7-10)13(18)15(8-12(16)17)11-4-6-21(19,20)9-11/h10-11H,2-9H2,1H3,(H,16,17). The molecule has 0 aromatic heterocycles. The van der Waals surface area contributed by atoms with Gasteiger partial charge in [0.15, 0.2) is 9.84 Å². The fourth-order valence-electron chi connectivity index (χ4n) is 3.04. The van der Waals surface area contributed by atoms with E-state index in [1.807, 2.05) is 0 Å². The molecule has 1 N–H and O–H groups in total. The van der Waals surface area contributed by atoms with Gasteiger partial charge in [-0.05, 0) is 18.8 Å². The van der Waals surface area contributed by atoms with Crippen molar-refractivity contribution in [1.82, 2.24) is 9.80 Å². The molecule has 0 aromatic rings. The van der Waals surface area contributed by atoms with Gasteiger partial charge >= 0.3 is 12.0 Å². The Morgan fingerprint density at radius 2 is 2.05 bits per heavy atom. The van der Waals surface area contributed by atoms with Crippen LogP contribution in [0.25, 0.3) is 0 Å². The molecular formula is C13H22N2O5S. The largest absolute Gasteiger partial charge is 0.480 e. The highest BCUT2D eigenvalue weighted by Gasteiger charge is 2.38. The lowest BCUT2D eigenvalue weighted by Gasteiger charge is -2.31. The Kier molecular flexibility index (Phi) is 4.75. The van der Waals surface area contributed by atoms with Crippen molar-refractivity contribution in [3.63, 3.8) is 0 Å². The number of carboxylic acids is 1. The number of carboxylic acid groups (broad SMARTS) is 1. The zero-order valence-electron chi connectivity index (χ0n) is 12.2. The third kappa shape index (κ3) is 3.87. The molecule has 8 heteroatoms. The van der Waals surface area contributed by atoms with E-state index >= 15 is 0 Å². The summed E-state index contributed by atoms with van der Waals surface area (Å²) in [6, 6.07) is -0.852. The van der Waals surface area contributed by atoms with Gasteiger partial charge in [0.2, 0.25) is 0 Å². The van der Waals surface area contributed by atoms with Crippen LogP contribution in [0.2, 0.25) is 0 Å². The molecule has 0 radical (unpaired) electrons. The summed E-state index contributed by atoms with van der Waals surface area (Å²) >= 11 is 0. The van der Waals surface area contributed by atoms with E-state index in [0.29, 0.717) is 25.4 Å². The molecule has 0 saturated carbocycles. The number of carbonyl (C=O) groups excluding carboxylic acids is 1. The van der Waals surface area contributed by atoms with Crippen molar-refractivity contribution >= 4 is 21.8 Å². The third-order valence-corrected chi connectivity index (χ3v) is 6.08. The zero-order chi connectivity index (χ0) is 15.6. The second-order valence-electron chi connectivity index (χ2n) is 5.87. The summed E-state index contributed by atoms with van der Waals surface area (Å²) in [5.41, 5.74) is 0. The van der Waals surface area contributed by atoms with Gasteiger partial charge in [0.1, 0.15) is 6.54 Å². The summed E-state index contributed by atoms with van der Waals surface area (Å²) in [7, 11) is -3.15. The summed E-state index contributed by atoms with van der Waals surface area (Å²) in [5.74, 6) is -0.762. The predicted molar refractivity (Wildman–Crippen MR) is 76.8 cm³/mol. The van der Waals surface area contributed by atoms with Crippen LogP contribution in [-0.2, 0) is 14.6 Å². The van der Waals surface area contributed by atoms with E-state index in [4.69, 9.17) is 5.11 Å². The molecule has 2 saturated heterocycles. The average Bonchev–Trinajstić information content (AvgIpc) is 3.01. The normalized spacial score (nSPS) is 27.8. The van der Waals surface area contributed by atoms with Crippen LogP contribution in [0.5, 0.6) is 0 Å². The Labute approximate surface area is 124 Å². The highest BCUT2D eigenvalue weighted by molar-refractivity contribution is 7.91. The molecule has 0 aliphatic carbocycles. The van der Waals surface area contributed by atoms with Gasteiger partial charge in [0.05, 0.1) is 11.5 Å². The van der Waals surface area contributed by atoms with Crippen LogP contribution in [0.15, 0.2) is 0 Å². The highest BCUT2D eigenvalue weighted by Crippen LogP contribution is 2.24. The lowest BCUT2D eigenvalue weighted by Crippen LogP contribution is -2.50. The Hall–Kier alpha value is -1.31. The Bertz CT molecular complexity index is 519. The minimum Gasteiger partial charge on any atom is -0.480 e. The number of hydrogen-bond donors (Lipinski definition) is 1. The number of likely N-dealkylation sites (tertiary alicyclic amines) is 1. The maximum atomic E-state index is 12.5. The molecule has 2 aliphatic heterocycles. The van der Waals surface area contributed by atoms with E-state index in [0.717, 1.165) is 12.8 Å². The number of rotatable bonds is 4. The second-order valence-corrected chi connectivity index (χ2v) is 8.10. The first-order chi connectivity index (χ1) is 9.82. The van der Waals surface area contributed by atoms with E-state index in [1.165, 1.54) is 4.90 Å². The molecule has 120 valence electrons. The molecule has 0 bridgehead atoms. The lowest BCUT2D eigenvalue weighted by atomic mass is 10.1. The molecule has 2 heterocycles. The minimum absolute atomic E-state index is 0.0264. The van der Waals surface area contributed by atoms with E-state index in [9.17, 15) is 18.0 Å². The van der Waals surface area contributed by atoms with Crippen molar-refractivity contribution in [2.45, 2.75) is 32.2 Å². The molecule has 2 atom stereocenters. The molecule has 2 amide bonds.